The summed E-state index contributed by atoms with van der Waals surface area (Å²) >= 11 is 13.3. The molecule has 0 bridgehead atoms. The molecule has 0 aliphatic carbocycles. The Morgan fingerprint density at radius 1 is 1.08 bits per heavy atom. The van der Waals surface area contributed by atoms with Crippen LogP contribution in [0.3, 0.4) is 0 Å². The molecule has 0 radical (unpaired) electrons. The number of fused-ring (bicyclic) bond motifs is 1. The maximum absolute atomic E-state index is 12.8. The number of thiazole rings is 1. The van der Waals surface area contributed by atoms with Crippen molar-refractivity contribution in [2.75, 3.05) is 0 Å². The monoisotopic (exact) mass is 387 g/mol. The average Bonchev–Trinajstić information content (AvgIpc) is 3.12. The number of rotatable bonds is 2. The number of aryl methyl sites for hydroxylation is 1. The highest BCUT2D eigenvalue weighted by atomic mass is 35.5. The Bertz CT molecular complexity index is 1210. The number of hydrogen-bond donors (Lipinski definition) is 0. The minimum atomic E-state index is -0.146. The van der Waals surface area contributed by atoms with Gasteiger partial charge in [0.15, 0.2) is 5.82 Å². The predicted molar refractivity (Wildman–Crippen MR) is 103 cm³/mol. The molecule has 2 aromatic heterocycles. The van der Waals surface area contributed by atoms with E-state index in [2.05, 4.69) is 10.2 Å². The van der Waals surface area contributed by atoms with E-state index >= 15 is 0 Å². The first-order chi connectivity index (χ1) is 12.0. The van der Waals surface area contributed by atoms with Crippen LogP contribution in [0.5, 0.6) is 0 Å². The van der Waals surface area contributed by atoms with Crippen molar-refractivity contribution in [1.29, 1.82) is 0 Å². The molecule has 0 N–H and O–H groups in total. The summed E-state index contributed by atoms with van der Waals surface area (Å²) in [6.45, 7) is 2.00. The topological polar surface area (TPSA) is 47.3 Å². The van der Waals surface area contributed by atoms with Crippen LogP contribution in [0.15, 0.2) is 47.3 Å². The summed E-state index contributed by atoms with van der Waals surface area (Å²) in [5.41, 5.74) is 2.62. The third kappa shape index (κ3) is 2.95. The van der Waals surface area contributed by atoms with E-state index in [1.165, 1.54) is 11.3 Å². The standard InChI is InChI=1S/C18H11Cl2N3OS/c1-10-3-2-4-12(7-10)16-21-22-18-23(16)17(24)15(25-18)9-11-5-6-13(19)14(20)8-11/h2-9H,1H3/b15-9-. The van der Waals surface area contributed by atoms with Gasteiger partial charge < -0.3 is 0 Å². The molecular weight excluding hydrogens is 377 g/mol. The van der Waals surface area contributed by atoms with Crippen molar-refractivity contribution in [3.8, 4) is 11.4 Å². The second kappa shape index (κ2) is 6.26. The van der Waals surface area contributed by atoms with Crippen molar-refractivity contribution in [1.82, 2.24) is 14.6 Å². The summed E-state index contributed by atoms with van der Waals surface area (Å²) in [6, 6.07) is 13.1. The van der Waals surface area contributed by atoms with E-state index in [1.54, 1.807) is 22.6 Å². The highest BCUT2D eigenvalue weighted by Gasteiger charge is 2.14. The lowest BCUT2D eigenvalue weighted by atomic mass is 10.1. The summed E-state index contributed by atoms with van der Waals surface area (Å²) in [5.74, 6) is 0.550. The molecule has 0 saturated carbocycles. The lowest BCUT2D eigenvalue weighted by molar-refractivity contribution is 1.09. The molecule has 0 amide bonds. The molecule has 4 aromatic rings. The van der Waals surface area contributed by atoms with E-state index in [0.29, 0.717) is 25.4 Å². The van der Waals surface area contributed by atoms with Gasteiger partial charge in [0.05, 0.1) is 14.6 Å². The maximum Gasteiger partial charge on any atom is 0.276 e. The van der Waals surface area contributed by atoms with E-state index in [1.807, 2.05) is 37.3 Å². The molecule has 4 rings (SSSR count). The molecule has 124 valence electrons. The van der Waals surface area contributed by atoms with Gasteiger partial charge in [0, 0.05) is 5.56 Å². The van der Waals surface area contributed by atoms with E-state index in [0.717, 1.165) is 16.7 Å². The van der Waals surface area contributed by atoms with E-state index < -0.39 is 0 Å². The van der Waals surface area contributed by atoms with Gasteiger partial charge in [-0.2, -0.15) is 0 Å². The summed E-state index contributed by atoms with van der Waals surface area (Å²) in [4.78, 5) is 13.4. The van der Waals surface area contributed by atoms with Crippen molar-refractivity contribution in [3.05, 3.63) is 78.5 Å². The van der Waals surface area contributed by atoms with Crippen molar-refractivity contribution in [2.45, 2.75) is 6.92 Å². The minimum Gasteiger partial charge on any atom is -0.267 e. The predicted octanol–water partition coefficient (Wildman–Crippen LogP) is 3.98. The normalized spacial score (nSPS) is 12.2. The van der Waals surface area contributed by atoms with Crippen LogP contribution >= 0.6 is 34.5 Å². The Kier molecular flexibility index (Phi) is 4.07. The molecule has 25 heavy (non-hydrogen) atoms. The van der Waals surface area contributed by atoms with Crippen molar-refractivity contribution < 1.29 is 0 Å². The zero-order valence-corrected chi connectivity index (χ0v) is 15.4. The first-order valence-electron chi connectivity index (χ1n) is 7.45. The quantitative estimate of drug-likeness (QED) is 0.522. The molecular formula is C18H11Cl2N3OS. The Morgan fingerprint density at radius 3 is 2.68 bits per heavy atom. The SMILES string of the molecule is Cc1cccc(-c2nnc3s/c(=C\c4ccc(Cl)c(Cl)c4)c(=O)n23)c1. The third-order valence-electron chi connectivity index (χ3n) is 3.77. The number of hydrogen-bond acceptors (Lipinski definition) is 4. The summed E-state index contributed by atoms with van der Waals surface area (Å²) in [7, 11) is 0. The number of benzene rings is 2. The lowest BCUT2D eigenvalue weighted by Crippen LogP contribution is -2.23. The number of aromatic nitrogens is 3. The van der Waals surface area contributed by atoms with Crippen molar-refractivity contribution >= 4 is 45.6 Å². The smallest absolute Gasteiger partial charge is 0.267 e. The first kappa shape index (κ1) is 16.3. The minimum absolute atomic E-state index is 0.146. The molecule has 0 atom stereocenters. The molecule has 0 aliphatic rings. The van der Waals surface area contributed by atoms with Gasteiger partial charge in [-0.25, -0.2) is 4.40 Å². The molecule has 0 spiro atoms. The summed E-state index contributed by atoms with van der Waals surface area (Å²) in [5, 5.41) is 9.25. The van der Waals surface area contributed by atoms with E-state index in [4.69, 9.17) is 23.2 Å². The molecule has 2 aromatic carbocycles. The first-order valence-corrected chi connectivity index (χ1v) is 9.02. The fraction of sp³-hybridized carbons (Fsp3) is 0.0556. The van der Waals surface area contributed by atoms with Crippen LogP contribution in [0, 0.1) is 6.92 Å². The third-order valence-corrected chi connectivity index (χ3v) is 5.46. The van der Waals surface area contributed by atoms with Crippen LogP contribution in [0.25, 0.3) is 22.4 Å². The molecule has 2 heterocycles. The average molecular weight is 388 g/mol. The molecule has 0 saturated heterocycles. The molecule has 0 unspecified atom stereocenters. The largest absolute Gasteiger partial charge is 0.276 e. The van der Waals surface area contributed by atoms with Crippen LogP contribution in [-0.2, 0) is 0 Å². The van der Waals surface area contributed by atoms with Gasteiger partial charge in [0.1, 0.15) is 0 Å². The molecule has 7 heteroatoms. The van der Waals surface area contributed by atoms with Gasteiger partial charge >= 0.3 is 0 Å². The van der Waals surface area contributed by atoms with Crippen molar-refractivity contribution in [2.24, 2.45) is 0 Å². The lowest BCUT2D eigenvalue weighted by Gasteiger charge is -1.98. The summed E-state index contributed by atoms with van der Waals surface area (Å²) in [6.07, 6.45) is 1.78. The fourth-order valence-electron chi connectivity index (χ4n) is 2.59. The second-order valence-electron chi connectivity index (χ2n) is 5.60. The molecule has 0 aliphatic heterocycles. The maximum atomic E-state index is 12.8. The van der Waals surface area contributed by atoms with Crippen LogP contribution in [0.2, 0.25) is 10.0 Å². The van der Waals surface area contributed by atoms with E-state index in [-0.39, 0.29) is 5.56 Å². The Labute approximate surface area is 157 Å². The van der Waals surface area contributed by atoms with Crippen LogP contribution < -0.4 is 10.1 Å². The van der Waals surface area contributed by atoms with Gasteiger partial charge in [0.2, 0.25) is 4.96 Å². The Balaban J connectivity index is 1.91. The highest BCUT2D eigenvalue weighted by molar-refractivity contribution is 7.15. The van der Waals surface area contributed by atoms with Gasteiger partial charge in [-0.05, 0) is 36.8 Å². The Morgan fingerprint density at radius 2 is 1.92 bits per heavy atom. The highest BCUT2D eigenvalue weighted by Crippen LogP contribution is 2.23. The summed E-state index contributed by atoms with van der Waals surface area (Å²) < 4.78 is 2.11. The zero-order chi connectivity index (χ0) is 17.6. The van der Waals surface area contributed by atoms with Gasteiger partial charge in [-0.1, -0.05) is 64.4 Å². The number of halogens is 2. The van der Waals surface area contributed by atoms with Crippen LogP contribution in [-0.4, -0.2) is 14.6 Å². The van der Waals surface area contributed by atoms with E-state index in [9.17, 15) is 4.79 Å². The van der Waals surface area contributed by atoms with Gasteiger partial charge in [0.25, 0.3) is 5.56 Å². The van der Waals surface area contributed by atoms with Crippen LogP contribution in [0.1, 0.15) is 11.1 Å². The van der Waals surface area contributed by atoms with Crippen molar-refractivity contribution in [3.63, 3.8) is 0 Å². The molecule has 4 nitrogen and oxygen atoms in total. The van der Waals surface area contributed by atoms with Gasteiger partial charge in [-0.3, -0.25) is 4.79 Å². The van der Waals surface area contributed by atoms with Gasteiger partial charge in [-0.15, -0.1) is 10.2 Å². The molecule has 0 fully saturated rings. The second-order valence-corrected chi connectivity index (χ2v) is 7.42. The zero-order valence-electron chi connectivity index (χ0n) is 13.0. The number of nitrogens with zero attached hydrogens (tertiary/aromatic N) is 3. The fourth-order valence-corrected chi connectivity index (χ4v) is 3.81. The van der Waals surface area contributed by atoms with Crippen LogP contribution in [0.4, 0.5) is 0 Å². The Hall–Kier alpha value is -2.21.